The van der Waals surface area contributed by atoms with Crippen molar-refractivity contribution in [1.29, 1.82) is 0 Å². The Morgan fingerprint density at radius 1 is 0.846 bits per heavy atom. The van der Waals surface area contributed by atoms with E-state index in [-0.39, 0.29) is 24.0 Å². The second kappa shape index (κ2) is 19.7. The van der Waals surface area contributed by atoms with Gasteiger partial charge in [-0.15, -0.1) is 24.0 Å². The molecular formula is C20H46IN5. The van der Waals surface area contributed by atoms with Gasteiger partial charge in [-0.1, -0.05) is 27.7 Å². The van der Waals surface area contributed by atoms with Crippen LogP contribution in [-0.4, -0.2) is 74.2 Å². The second-order valence-electron chi connectivity index (χ2n) is 6.71. The Bertz CT molecular complexity index is 317. The maximum absolute atomic E-state index is 4.74. The van der Waals surface area contributed by atoms with E-state index < -0.39 is 0 Å². The molecule has 0 aliphatic rings. The van der Waals surface area contributed by atoms with Gasteiger partial charge in [-0.05, 0) is 78.8 Å². The third-order valence-corrected chi connectivity index (χ3v) is 4.78. The molecule has 0 aliphatic carbocycles. The Balaban J connectivity index is 0. The summed E-state index contributed by atoms with van der Waals surface area (Å²) in [6, 6.07) is 0.462. The van der Waals surface area contributed by atoms with Crippen LogP contribution < -0.4 is 10.6 Å². The van der Waals surface area contributed by atoms with Crippen LogP contribution in [0.1, 0.15) is 67.2 Å². The quantitative estimate of drug-likeness (QED) is 0.161. The molecule has 0 radical (unpaired) electrons. The first-order chi connectivity index (χ1) is 12.1. The van der Waals surface area contributed by atoms with Crippen LogP contribution >= 0.6 is 24.0 Å². The Labute approximate surface area is 180 Å². The number of halogens is 1. The lowest BCUT2D eigenvalue weighted by Crippen LogP contribution is -2.42. The molecule has 158 valence electrons. The molecule has 0 saturated carbocycles. The lowest BCUT2D eigenvalue weighted by Gasteiger charge is -2.21. The smallest absolute Gasteiger partial charge is 0.191 e. The minimum Gasteiger partial charge on any atom is -0.357 e. The molecule has 0 fully saturated rings. The second-order valence-corrected chi connectivity index (χ2v) is 6.71. The van der Waals surface area contributed by atoms with Crippen LogP contribution in [0.5, 0.6) is 0 Å². The fourth-order valence-corrected chi connectivity index (χ4v) is 2.96. The fourth-order valence-electron chi connectivity index (χ4n) is 2.96. The Kier molecular flexibility index (Phi) is 21.3. The van der Waals surface area contributed by atoms with Gasteiger partial charge in [-0.2, -0.15) is 0 Å². The minimum absolute atomic E-state index is 0. The first kappa shape index (κ1) is 28.1. The van der Waals surface area contributed by atoms with Crippen molar-refractivity contribution in [2.24, 2.45) is 4.99 Å². The Morgan fingerprint density at radius 2 is 1.38 bits per heavy atom. The van der Waals surface area contributed by atoms with E-state index >= 15 is 0 Å². The summed E-state index contributed by atoms with van der Waals surface area (Å²) in [4.78, 5) is 9.71. The predicted octanol–water partition coefficient (Wildman–Crippen LogP) is 3.79. The molecule has 0 amide bonds. The van der Waals surface area contributed by atoms with Crippen molar-refractivity contribution >= 4 is 29.9 Å². The van der Waals surface area contributed by atoms with Crippen molar-refractivity contribution < 1.29 is 0 Å². The van der Waals surface area contributed by atoms with Gasteiger partial charge >= 0.3 is 0 Å². The van der Waals surface area contributed by atoms with Gasteiger partial charge < -0.3 is 20.4 Å². The zero-order chi connectivity index (χ0) is 18.9. The van der Waals surface area contributed by atoms with Crippen LogP contribution in [-0.2, 0) is 0 Å². The highest BCUT2D eigenvalue weighted by atomic mass is 127. The van der Waals surface area contributed by atoms with Gasteiger partial charge in [0, 0.05) is 19.1 Å². The minimum atomic E-state index is 0. The highest BCUT2D eigenvalue weighted by molar-refractivity contribution is 14.0. The molecule has 0 saturated heterocycles. The van der Waals surface area contributed by atoms with Crippen molar-refractivity contribution in [1.82, 2.24) is 20.4 Å². The van der Waals surface area contributed by atoms with Gasteiger partial charge in [-0.3, -0.25) is 4.99 Å². The molecule has 0 rings (SSSR count). The zero-order valence-electron chi connectivity index (χ0n) is 18.3. The van der Waals surface area contributed by atoms with Crippen molar-refractivity contribution in [3.05, 3.63) is 0 Å². The molecule has 1 unspecified atom stereocenters. The summed E-state index contributed by atoms with van der Waals surface area (Å²) in [5.74, 6) is 0.973. The van der Waals surface area contributed by atoms with Crippen LogP contribution in [0, 0.1) is 0 Å². The molecule has 0 spiro atoms. The average molecular weight is 484 g/mol. The summed E-state index contributed by atoms with van der Waals surface area (Å²) in [5, 5.41) is 6.93. The molecule has 0 aliphatic heterocycles. The number of hydrogen-bond acceptors (Lipinski definition) is 3. The SMILES string of the molecule is CCNC(=NCCCCN(CC)CC)NC(C)CCCN(CC)CC.I. The Morgan fingerprint density at radius 3 is 1.88 bits per heavy atom. The average Bonchev–Trinajstić information content (AvgIpc) is 2.62. The summed E-state index contributed by atoms with van der Waals surface area (Å²) in [5.41, 5.74) is 0. The van der Waals surface area contributed by atoms with Gasteiger partial charge in [0.15, 0.2) is 5.96 Å². The van der Waals surface area contributed by atoms with E-state index in [2.05, 4.69) is 62.0 Å². The predicted molar refractivity (Wildman–Crippen MR) is 128 cm³/mol. The number of rotatable bonds is 15. The van der Waals surface area contributed by atoms with Crippen molar-refractivity contribution in [2.75, 3.05) is 52.4 Å². The number of guanidine groups is 1. The van der Waals surface area contributed by atoms with Crippen LogP contribution in [0.4, 0.5) is 0 Å². The fraction of sp³-hybridized carbons (Fsp3) is 0.950. The number of nitrogens with one attached hydrogen (secondary N) is 2. The maximum atomic E-state index is 4.74. The van der Waals surface area contributed by atoms with Gasteiger partial charge in [-0.25, -0.2) is 0 Å². The molecule has 2 N–H and O–H groups in total. The van der Waals surface area contributed by atoms with Gasteiger partial charge in [0.25, 0.3) is 0 Å². The standard InChI is InChI=1S/C20H45N5.HI/c1-7-21-20(22-16-12-13-17-24(8-2)9-3)23-19(6)15-14-18-25(10-4)11-5;/h19H,7-18H2,1-6H3,(H2,21,22,23);1H. The summed E-state index contributed by atoms with van der Waals surface area (Å²) in [6.45, 7) is 22.1. The van der Waals surface area contributed by atoms with Crippen LogP contribution in [0.15, 0.2) is 4.99 Å². The van der Waals surface area contributed by atoms with E-state index in [0.717, 1.165) is 51.6 Å². The largest absolute Gasteiger partial charge is 0.357 e. The third kappa shape index (κ3) is 15.0. The van der Waals surface area contributed by atoms with Crippen LogP contribution in [0.3, 0.4) is 0 Å². The van der Waals surface area contributed by atoms with Crippen LogP contribution in [0.2, 0.25) is 0 Å². The van der Waals surface area contributed by atoms with Gasteiger partial charge in [0.1, 0.15) is 0 Å². The summed E-state index contributed by atoms with van der Waals surface area (Å²) < 4.78 is 0. The van der Waals surface area contributed by atoms with E-state index in [4.69, 9.17) is 4.99 Å². The molecule has 26 heavy (non-hydrogen) atoms. The highest BCUT2D eigenvalue weighted by Gasteiger charge is 2.06. The summed E-state index contributed by atoms with van der Waals surface area (Å²) in [7, 11) is 0. The maximum Gasteiger partial charge on any atom is 0.191 e. The monoisotopic (exact) mass is 483 g/mol. The highest BCUT2D eigenvalue weighted by Crippen LogP contribution is 2.00. The first-order valence-corrected chi connectivity index (χ1v) is 10.6. The van der Waals surface area contributed by atoms with Crippen molar-refractivity contribution in [3.63, 3.8) is 0 Å². The lowest BCUT2D eigenvalue weighted by atomic mass is 10.2. The molecular weight excluding hydrogens is 437 g/mol. The molecule has 1 atom stereocenters. The van der Waals surface area contributed by atoms with E-state index in [1.807, 2.05) is 0 Å². The van der Waals surface area contributed by atoms with E-state index in [0.29, 0.717) is 6.04 Å². The van der Waals surface area contributed by atoms with Gasteiger partial charge in [0.2, 0.25) is 0 Å². The first-order valence-electron chi connectivity index (χ1n) is 10.6. The van der Waals surface area contributed by atoms with Crippen LogP contribution in [0.25, 0.3) is 0 Å². The van der Waals surface area contributed by atoms with E-state index in [9.17, 15) is 0 Å². The number of unbranched alkanes of at least 4 members (excludes halogenated alkanes) is 1. The molecule has 0 aromatic heterocycles. The normalized spacial score (nSPS) is 13.0. The van der Waals surface area contributed by atoms with Crippen molar-refractivity contribution in [3.8, 4) is 0 Å². The van der Waals surface area contributed by atoms with E-state index in [1.165, 1.54) is 32.4 Å². The third-order valence-electron chi connectivity index (χ3n) is 4.78. The topological polar surface area (TPSA) is 42.9 Å². The molecule has 0 aromatic carbocycles. The number of nitrogens with zero attached hydrogens (tertiary/aromatic N) is 3. The zero-order valence-corrected chi connectivity index (χ0v) is 20.6. The van der Waals surface area contributed by atoms with Crippen molar-refractivity contribution in [2.45, 2.75) is 73.3 Å². The number of aliphatic imine (C=N–C) groups is 1. The molecule has 5 nitrogen and oxygen atoms in total. The molecule has 0 bridgehead atoms. The molecule has 0 aromatic rings. The lowest BCUT2D eigenvalue weighted by molar-refractivity contribution is 0.292. The summed E-state index contributed by atoms with van der Waals surface area (Å²) in [6.07, 6.45) is 4.80. The Hall–Kier alpha value is -0.0800. The van der Waals surface area contributed by atoms with E-state index in [1.54, 1.807) is 0 Å². The molecule has 6 heteroatoms. The number of hydrogen-bond donors (Lipinski definition) is 2. The van der Waals surface area contributed by atoms with Gasteiger partial charge in [0.05, 0.1) is 0 Å². The summed E-state index contributed by atoms with van der Waals surface area (Å²) >= 11 is 0. The molecule has 0 heterocycles.